The van der Waals surface area contributed by atoms with E-state index in [0.717, 1.165) is 23.4 Å². The quantitative estimate of drug-likeness (QED) is 0.682. The third-order valence-corrected chi connectivity index (χ3v) is 2.87. The van der Waals surface area contributed by atoms with Crippen molar-refractivity contribution in [3.8, 4) is 0 Å². The molecule has 17 heavy (non-hydrogen) atoms. The van der Waals surface area contributed by atoms with E-state index in [9.17, 15) is 0 Å². The van der Waals surface area contributed by atoms with E-state index in [1.807, 2.05) is 42.5 Å². The number of aliphatic imine (C=N–C) groups is 1. The minimum atomic E-state index is 0.689. The molecule has 0 radical (unpaired) electrons. The van der Waals surface area contributed by atoms with Gasteiger partial charge in [-0.2, -0.15) is 0 Å². The molecule has 2 rings (SSSR count). The molecule has 2 aromatic rings. The Morgan fingerprint density at radius 1 is 1.00 bits per heavy atom. The minimum absolute atomic E-state index is 0.689. The molecule has 0 saturated heterocycles. The van der Waals surface area contributed by atoms with Gasteiger partial charge in [-0.25, -0.2) is 0 Å². The molecule has 0 aliphatic heterocycles. The van der Waals surface area contributed by atoms with Crippen LogP contribution in [0.3, 0.4) is 0 Å². The maximum Gasteiger partial charge on any atom is 0.0819 e. The van der Waals surface area contributed by atoms with Gasteiger partial charge >= 0.3 is 0 Å². The van der Waals surface area contributed by atoms with Crippen molar-refractivity contribution in [2.75, 3.05) is 0 Å². The first-order chi connectivity index (χ1) is 8.31. The summed E-state index contributed by atoms with van der Waals surface area (Å²) in [6.07, 6.45) is 0.884. The molecule has 2 aromatic carbocycles. The van der Waals surface area contributed by atoms with Crippen LogP contribution in [-0.2, 0) is 0 Å². The normalized spacial score (nSPS) is 11.5. The van der Waals surface area contributed by atoms with E-state index in [1.165, 1.54) is 0 Å². The van der Waals surface area contributed by atoms with Crippen molar-refractivity contribution in [3.05, 3.63) is 65.2 Å². The van der Waals surface area contributed by atoms with Crippen molar-refractivity contribution in [2.45, 2.75) is 13.3 Å². The fraction of sp³-hybridized carbons (Fsp3) is 0.133. The molecule has 0 bridgehead atoms. The Kier molecular flexibility index (Phi) is 3.94. The van der Waals surface area contributed by atoms with Gasteiger partial charge in [0.15, 0.2) is 0 Å². The second kappa shape index (κ2) is 5.65. The lowest BCUT2D eigenvalue weighted by Gasteiger charge is -2.05. The minimum Gasteiger partial charge on any atom is -0.251 e. The van der Waals surface area contributed by atoms with Crippen LogP contribution in [0.2, 0.25) is 5.02 Å². The number of rotatable bonds is 3. The second-order valence-corrected chi connectivity index (χ2v) is 4.14. The molecule has 86 valence electrons. The first-order valence-electron chi connectivity index (χ1n) is 5.68. The summed E-state index contributed by atoms with van der Waals surface area (Å²) in [6.45, 7) is 2.10. The molecule has 2 heteroatoms. The monoisotopic (exact) mass is 243 g/mol. The summed E-state index contributed by atoms with van der Waals surface area (Å²) in [5, 5.41) is 0.689. The van der Waals surface area contributed by atoms with Crippen LogP contribution < -0.4 is 0 Å². The smallest absolute Gasteiger partial charge is 0.0819 e. The Hall–Kier alpha value is -1.60. The van der Waals surface area contributed by atoms with Crippen LogP contribution in [0.5, 0.6) is 0 Å². The highest BCUT2D eigenvalue weighted by Gasteiger charge is 2.02. The summed E-state index contributed by atoms with van der Waals surface area (Å²) in [4.78, 5) is 4.63. The van der Waals surface area contributed by atoms with Crippen molar-refractivity contribution in [1.82, 2.24) is 0 Å². The molecule has 0 atom stereocenters. The zero-order chi connectivity index (χ0) is 12.1. The summed E-state index contributed by atoms with van der Waals surface area (Å²) in [5.41, 5.74) is 3.03. The van der Waals surface area contributed by atoms with E-state index in [1.54, 1.807) is 0 Å². The number of hydrogen-bond donors (Lipinski definition) is 0. The number of halogens is 1. The fourth-order valence-electron chi connectivity index (χ4n) is 1.67. The lowest BCUT2D eigenvalue weighted by Crippen LogP contribution is -1.97. The van der Waals surface area contributed by atoms with Crippen LogP contribution in [-0.4, -0.2) is 5.71 Å². The van der Waals surface area contributed by atoms with Crippen LogP contribution in [0.15, 0.2) is 59.6 Å². The lowest BCUT2D eigenvalue weighted by molar-refractivity contribution is 1.26. The highest BCUT2D eigenvalue weighted by Crippen LogP contribution is 2.25. The highest BCUT2D eigenvalue weighted by molar-refractivity contribution is 6.33. The zero-order valence-corrected chi connectivity index (χ0v) is 10.5. The number of benzene rings is 2. The summed E-state index contributed by atoms with van der Waals surface area (Å²) in [5.74, 6) is 0. The van der Waals surface area contributed by atoms with Crippen molar-refractivity contribution in [2.24, 2.45) is 4.99 Å². The van der Waals surface area contributed by atoms with Crippen molar-refractivity contribution < 1.29 is 0 Å². The Labute approximate surface area is 107 Å². The summed E-state index contributed by atoms with van der Waals surface area (Å²) >= 11 is 6.11. The fourth-order valence-corrected chi connectivity index (χ4v) is 1.84. The van der Waals surface area contributed by atoms with Gasteiger partial charge in [-0.15, -0.1) is 0 Å². The Morgan fingerprint density at radius 2 is 1.65 bits per heavy atom. The molecular weight excluding hydrogens is 230 g/mol. The van der Waals surface area contributed by atoms with E-state index < -0.39 is 0 Å². The number of nitrogens with zero attached hydrogens (tertiary/aromatic N) is 1. The average molecular weight is 244 g/mol. The molecule has 0 heterocycles. The number of para-hydroxylation sites is 1. The molecule has 0 aliphatic carbocycles. The van der Waals surface area contributed by atoms with Crippen LogP contribution >= 0.6 is 11.6 Å². The SMILES string of the molecule is CCC(=Nc1ccccc1Cl)c1ccccc1. The maximum absolute atomic E-state index is 6.11. The van der Waals surface area contributed by atoms with Gasteiger partial charge in [0.2, 0.25) is 0 Å². The van der Waals surface area contributed by atoms with Crippen LogP contribution in [0.25, 0.3) is 0 Å². The van der Waals surface area contributed by atoms with Crippen LogP contribution in [0, 0.1) is 0 Å². The van der Waals surface area contributed by atoms with Gasteiger partial charge < -0.3 is 0 Å². The average Bonchev–Trinajstić information content (AvgIpc) is 2.39. The van der Waals surface area contributed by atoms with Gasteiger partial charge in [0.25, 0.3) is 0 Å². The van der Waals surface area contributed by atoms with E-state index in [2.05, 4.69) is 24.0 Å². The van der Waals surface area contributed by atoms with E-state index in [0.29, 0.717) is 5.02 Å². The van der Waals surface area contributed by atoms with Crippen LogP contribution in [0.4, 0.5) is 5.69 Å². The summed E-state index contributed by atoms with van der Waals surface area (Å²) < 4.78 is 0. The third-order valence-electron chi connectivity index (χ3n) is 2.55. The molecule has 0 N–H and O–H groups in total. The van der Waals surface area contributed by atoms with Crippen LogP contribution in [0.1, 0.15) is 18.9 Å². The lowest BCUT2D eigenvalue weighted by atomic mass is 10.1. The maximum atomic E-state index is 6.11. The van der Waals surface area contributed by atoms with Gasteiger partial charge in [-0.05, 0) is 24.1 Å². The molecular formula is C15H14ClN. The molecule has 0 aromatic heterocycles. The topological polar surface area (TPSA) is 12.4 Å². The molecule has 0 aliphatic rings. The molecule has 1 nitrogen and oxygen atoms in total. The molecule has 0 fully saturated rings. The van der Waals surface area contributed by atoms with Crippen molar-refractivity contribution in [1.29, 1.82) is 0 Å². The Balaban J connectivity index is 2.40. The van der Waals surface area contributed by atoms with E-state index >= 15 is 0 Å². The molecule has 0 unspecified atom stereocenters. The molecule has 0 spiro atoms. The second-order valence-electron chi connectivity index (χ2n) is 3.73. The summed E-state index contributed by atoms with van der Waals surface area (Å²) in [6, 6.07) is 17.8. The van der Waals surface area contributed by atoms with Gasteiger partial charge in [0.05, 0.1) is 10.7 Å². The Bertz CT molecular complexity index is 517. The third kappa shape index (κ3) is 2.95. The van der Waals surface area contributed by atoms with Gasteiger partial charge in [-0.3, -0.25) is 4.99 Å². The first-order valence-corrected chi connectivity index (χ1v) is 6.06. The molecule has 0 saturated carbocycles. The predicted molar refractivity (Wildman–Crippen MR) is 74.4 cm³/mol. The van der Waals surface area contributed by atoms with Crippen molar-refractivity contribution >= 4 is 23.0 Å². The Morgan fingerprint density at radius 3 is 2.29 bits per heavy atom. The van der Waals surface area contributed by atoms with Gasteiger partial charge in [0, 0.05) is 5.71 Å². The predicted octanol–water partition coefficient (Wildman–Crippen LogP) is 4.87. The number of hydrogen-bond acceptors (Lipinski definition) is 1. The van der Waals surface area contributed by atoms with E-state index in [4.69, 9.17) is 11.6 Å². The summed E-state index contributed by atoms with van der Waals surface area (Å²) in [7, 11) is 0. The highest BCUT2D eigenvalue weighted by atomic mass is 35.5. The van der Waals surface area contributed by atoms with Gasteiger partial charge in [0.1, 0.15) is 0 Å². The zero-order valence-electron chi connectivity index (χ0n) is 9.73. The van der Waals surface area contributed by atoms with Gasteiger partial charge in [-0.1, -0.05) is 61.0 Å². The first kappa shape index (κ1) is 11.9. The molecule has 0 amide bonds. The largest absolute Gasteiger partial charge is 0.251 e. The standard InChI is InChI=1S/C15H14ClN/c1-2-14(12-8-4-3-5-9-12)17-15-11-7-6-10-13(15)16/h3-11H,2H2,1H3. The van der Waals surface area contributed by atoms with Crippen molar-refractivity contribution in [3.63, 3.8) is 0 Å². The van der Waals surface area contributed by atoms with E-state index in [-0.39, 0.29) is 0 Å².